The maximum Gasteiger partial charge on any atom is 0.251 e. The number of hydrogen-bond acceptors (Lipinski definition) is 3. The highest BCUT2D eigenvalue weighted by Crippen LogP contribution is 2.29. The fourth-order valence-electron chi connectivity index (χ4n) is 3.63. The third-order valence-corrected chi connectivity index (χ3v) is 6.61. The Morgan fingerprint density at radius 2 is 1.93 bits per heavy atom. The zero-order chi connectivity index (χ0) is 19.5. The summed E-state index contributed by atoms with van der Waals surface area (Å²) in [7, 11) is 0. The summed E-state index contributed by atoms with van der Waals surface area (Å²) >= 11 is 13.7. The number of benzene rings is 2. The van der Waals surface area contributed by atoms with Gasteiger partial charge in [0.1, 0.15) is 0 Å². The maximum absolute atomic E-state index is 12.6. The van der Waals surface area contributed by atoms with Crippen LogP contribution in [0.5, 0.6) is 0 Å². The molecule has 28 heavy (non-hydrogen) atoms. The van der Waals surface area contributed by atoms with Crippen molar-refractivity contribution in [2.75, 3.05) is 13.1 Å². The molecular formula is C22H20Cl2N2OS. The average molecular weight is 431 g/mol. The summed E-state index contributed by atoms with van der Waals surface area (Å²) in [5.74, 6) is -0.142. The van der Waals surface area contributed by atoms with Gasteiger partial charge in [0.15, 0.2) is 0 Å². The topological polar surface area (TPSA) is 32.3 Å². The molecule has 4 rings (SSSR count). The Morgan fingerprint density at radius 3 is 2.68 bits per heavy atom. The fourth-order valence-corrected chi connectivity index (χ4v) is 4.64. The number of thiophene rings is 1. The van der Waals surface area contributed by atoms with Gasteiger partial charge < -0.3 is 5.32 Å². The van der Waals surface area contributed by atoms with Crippen LogP contribution in [0.25, 0.3) is 0 Å². The van der Waals surface area contributed by atoms with Crippen LogP contribution < -0.4 is 5.32 Å². The van der Waals surface area contributed by atoms with E-state index in [2.05, 4.69) is 51.3 Å². The molecule has 2 aromatic carbocycles. The standard InChI is InChI=1S/C22H20Cl2N2OS/c23-19-6-5-16(11-20(19)24)22(27)25-12-21(18-8-10-28-14-18)26-9-7-15-3-1-2-4-17(15)13-26/h1-6,8,10-11,14,21H,7,9,12-13H2,(H,25,27). The molecule has 1 unspecified atom stereocenters. The highest BCUT2D eigenvalue weighted by atomic mass is 35.5. The Bertz CT molecular complexity index is 974. The highest BCUT2D eigenvalue weighted by molar-refractivity contribution is 7.08. The summed E-state index contributed by atoms with van der Waals surface area (Å²) < 4.78 is 0. The number of hydrogen-bond donors (Lipinski definition) is 1. The van der Waals surface area contributed by atoms with Gasteiger partial charge in [0.25, 0.3) is 5.91 Å². The van der Waals surface area contributed by atoms with E-state index >= 15 is 0 Å². The first-order valence-corrected chi connectivity index (χ1v) is 10.9. The van der Waals surface area contributed by atoms with Crippen molar-refractivity contribution in [3.8, 4) is 0 Å². The van der Waals surface area contributed by atoms with Gasteiger partial charge in [-0.3, -0.25) is 9.69 Å². The number of fused-ring (bicyclic) bond motifs is 1. The molecule has 1 atom stereocenters. The van der Waals surface area contributed by atoms with Crippen molar-refractivity contribution in [2.45, 2.75) is 19.0 Å². The van der Waals surface area contributed by atoms with Crippen LogP contribution in [0.3, 0.4) is 0 Å². The van der Waals surface area contributed by atoms with Gasteiger partial charge in [-0.15, -0.1) is 0 Å². The first kappa shape index (κ1) is 19.5. The molecule has 0 bridgehead atoms. The van der Waals surface area contributed by atoms with Crippen LogP contribution in [-0.2, 0) is 13.0 Å². The molecule has 1 N–H and O–H groups in total. The number of carbonyl (C=O) groups excluding carboxylic acids is 1. The van der Waals surface area contributed by atoms with Gasteiger partial charge in [0, 0.05) is 25.2 Å². The number of nitrogens with one attached hydrogen (secondary N) is 1. The lowest BCUT2D eigenvalue weighted by Crippen LogP contribution is -2.40. The third kappa shape index (κ3) is 4.26. The Morgan fingerprint density at radius 1 is 1.11 bits per heavy atom. The summed E-state index contributed by atoms with van der Waals surface area (Å²) in [6.45, 7) is 2.40. The molecule has 1 aliphatic heterocycles. The molecule has 0 aliphatic carbocycles. The molecule has 2 heterocycles. The Labute approximate surface area is 178 Å². The number of nitrogens with zero attached hydrogens (tertiary/aromatic N) is 1. The Balaban J connectivity index is 1.50. The van der Waals surface area contributed by atoms with Gasteiger partial charge in [-0.2, -0.15) is 11.3 Å². The molecule has 0 saturated carbocycles. The number of amides is 1. The lowest BCUT2D eigenvalue weighted by Gasteiger charge is -2.35. The fraction of sp³-hybridized carbons (Fsp3) is 0.227. The molecule has 3 aromatic rings. The highest BCUT2D eigenvalue weighted by Gasteiger charge is 2.25. The second-order valence-electron chi connectivity index (χ2n) is 6.90. The van der Waals surface area contributed by atoms with Crippen LogP contribution in [0.2, 0.25) is 10.0 Å². The van der Waals surface area contributed by atoms with Gasteiger partial charge in [0.05, 0.1) is 16.1 Å². The minimum atomic E-state index is -0.142. The quantitative estimate of drug-likeness (QED) is 0.572. The van der Waals surface area contributed by atoms with Crippen molar-refractivity contribution < 1.29 is 4.79 Å². The lowest BCUT2D eigenvalue weighted by atomic mass is 9.97. The normalized spacial score (nSPS) is 15.1. The van der Waals surface area contributed by atoms with E-state index in [1.807, 2.05) is 0 Å². The lowest BCUT2D eigenvalue weighted by molar-refractivity contribution is 0.0928. The number of carbonyl (C=O) groups is 1. The maximum atomic E-state index is 12.6. The number of rotatable bonds is 5. The van der Waals surface area contributed by atoms with Gasteiger partial charge in [0.2, 0.25) is 0 Å². The molecule has 1 amide bonds. The molecule has 1 aromatic heterocycles. The molecule has 0 saturated heterocycles. The first-order chi connectivity index (χ1) is 13.6. The summed E-state index contributed by atoms with van der Waals surface area (Å²) in [6.07, 6.45) is 1.03. The molecular weight excluding hydrogens is 411 g/mol. The third-order valence-electron chi connectivity index (χ3n) is 5.17. The van der Waals surface area contributed by atoms with Crippen LogP contribution in [0, 0.1) is 0 Å². The second kappa shape index (κ2) is 8.66. The van der Waals surface area contributed by atoms with Crippen LogP contribution in [-0.4, -0.2) is 23.9 Å². The van der Waals surface area contributed by atoms with E-state index in [1.165, 1.54) is 16.7 Å². The minimum absolute atomic E-state index is 0.131. The summed E-state index contributed by atoms with van der Waals surface area (Å²) in [6, 6.07) is 15.8. The monoisotopic (exact) mass is 430 g/mol. The van der Waals surface area contributed by atoms with Crippen LogP contribution >= 0.6 is 34.5 Å². The van der Waals surface area contributed by atoms with Gasteiger partial charge in [-0.25, -0.2) is 0 Å². The molecule has 0 radical (unpaired) electrons. The average Bonchev–Trinajstić information content (AvgIpc) is 3.24. The summed E-state index contributed by atoms with van der Waals surface area (Å²) in [4.78, 5) is 15.1. The van der Waals surface area contributed by atoms with Crippen molar-refractivity contribution in [1.82, 2.24) is 10.2 Å². The van der Waals surface area contributed by atoms with Crippen LogP contribution in [0.4, 0.5) is 0 Å². The SMILES string of the molecule is O=C(NCC(c1ccsc1)N1CCc2ccccc2C1)c1ccc(Cl)c(Cl)c1. The predicted molar refractivity (Wildman–Crippen MR) is 116 cm³/mol. The molecule has 0 spiro atoms. The van der Waals surface area contributed by atoms with E-state index in [0.717, 1.165) is 19.5 Å². The van der Waals surface area contributed by atoms with Crippen molar-refractivity contribution in [3.05, 3.63) is 91.6 Å². The Kier molecular flexibility index (Phi) is 6.02. The van der Waals surface area contributed by atoms with Crippen LogP contribution in [0.1, 0.15) is 33.1 Å². The van der Waals surface area contributed by atoms with Crippen molar-refractivity contribution in [3.63, 3.8) is 0 Å². The van der Waals surface area contributed by atoms with Gasteiger partial charge in [-0.05, 0) is 58.1 Å². The Hall–Kier alpha value is -1.85. The van der Waals surface area contributed by atoms with E-state index in [9.17, 15) is 4.79 Å². The summed E-state index contributed by atoms with van der Waals surface area (Å²) in [5, 5.41) is 8.16. The minimum Gasteiger partial charge on any atom is -0.350 e. The zero-order valence-corrected chi connectivity index (χ0v) is 17.5. The molecule has 6 heteroatoms. The van der Waals surface area contributed by atoms with E-state index in [-0.39, 0.29) is 11.9 Å². The largest absolute Gasteiger partial charge is 0.350 e. The zero-order valence-electron chi connectivity index (χ0n) is 15.2. The molecule has 0 fully saturated rings. The number of halogens is 2. The van der Waals surface area contributed by atoms with E-state index in [1.54, 1.807) is 29.5 Å². The van der Waals surface area contributed by atoms with Crippen molar-refractivity contribution >= 4 is 40.4 Å². The second-order valence-corrected chi connectivity index (χ2v) is 8.50. The van der Waals surface area contributed by atoms with E-state index in [0.29, 0.717) is 22.2 Å². The van der Waals surface area contributed by atoms with Crippen molar-refractivity contribution in [2.24, 2.45) is 0 Å². The smallest absolute Gasteiger partial charge is 0.251 e. The molecule has 144 valence electrons. The summed E-state index contributed by atoms with van der Waals surface area (Å²) in [5.41, 5.74) is 4.54. The molecule has 1 aliphatic rings. The van der Waals surface area contributed by atoms with Crippen molar-refractivity contribution in [1.29, 1.82) is 0 Å². The predicted octanol–water partition coefficient (Wildman–Crippen LogP) is 5.58. The van der Waals surface area contributed by atoms with Gasteiger partial charge >= 0.3 is 0 Å². The molecule has 3 nitrogen and oxygen atoms in total. The van der Waals surface area contributed by atoms with E-state index in [4.69, 9.17) is 23.2 Å². The van der Waals surface area contributed by atoms with Crippen LogP contribution in [0.15, 0.2) is 59.3 Å². The van der Waals surface area contributed by atoms with E-state index < -0.39 is 0 Å². The van der Waals surface area contributed by atoms with Gasteiger partial charge in [-0.1, -0.05) is 47.5 Å². The first-order valence-electron chi connectivity index (χ1n) is 9.18.